The number of pyridine rings is 1. The van der Waals surface area contributed by atoms with Gasteiger partial charge in [0.05, 0.1) is 19.0 Å². The zero-order valence-corrected chi connectivity index (χ0v) is 6.98. The van der Waals surface area contributed by atoms with Gasteiger partial charge < -0.3 is 9.94 Å². The van der Waals surface area contributed by atoms with Gasteiger partial charge in [0.1, 0.15) is 0 Å². The van der Waals surface area contributed by atoms with Crippen molar-refractivity contribution in [3.63, 3.8) is 0 Å². The van der Waals surface area contributed by atoms with Crippen LogP contribution in [0.3, 0.4) is 0 Å². The third kappa shape index (κ3) is 1.72. The van der Waals surface area contributed by atoms with Crippen molar-refractivity contribution >= 4 is 6.21 Å². The zero-order chi connectivity index (χ0) is 8.97. The quantitative estimate of drug-likeness (QED) is 0.408. The lowest BCUT2D eigenvalue weighted by Crippen LogP contribution is -1.94. The molecular weight excluding hydrogens is 156 g/mol. The fourth-order valence-corrected chi connectivity index (χ4v) is 0.861. The molecule has 0 saturated carbocycles. The molecule has 1 heterocycles. The molecule has 0 aromatic carbocycles. The van der Waals surface area contributed by atoms with Gasteiger partial charge in [-0.05, 0) is 13.0 Å². The lowest BCUT2D eigenvalue weighted by Gasteiger charge is -2.01. The molecule has 0 aliphatic rings. The summed E-state index contributed by atoms with van der Waals surface area (Å²) in [5.41, 5.74) is 1.55. The predicted molar refractivity (Wildman–Crippen MR) is 44.9 cm³/mol. The third-order valence-corrected chi connectivity index (χ3v) is 1.51. The molecule has 0 atom stereocenters. The Labute approximate surface area is 70.5 Å². The fourth-order valence-electron chi connectivity index (χ4n) is 0.861. The van der Waals surface area contributed by atoms with Crippen LogP contribution in [0.5, 0.6) is 5.88 Å². The van der Waals surface area contributed by atoms with Crippen molar-refractivity contribution in [2.45, 2.75) is 6.92 Å². The smallest absolute Gasteiger partial charge is 0.213 e. The highest BCUT2D eigenvalue weighted by Gasteiger charge is 1.98. The molecule has 0 saturated heterocycles. The molecule has 1 aromatic rings. The van der Waals surface area contributed by atoms with Crippen molar-refractivity contribution in [2.24, 2.45) is 5.16 Å². The summed E-state index contributed by atoms with van der Waals surface area (Å²) in [6.45, 7) is 1.82. The van der Waals surface area contributed by atoms with E-state index in [1.807, 2.05) is 6.92 Å². The first kappa shape index (κ1) is 8.52. The van der Waals surface area contributed by atoms with E-state index < -0.39 is 0 Å². The van der Waals surface area contributed by atoms with Gasteiger partial charge in [-0.25, -0.2) is 4.98 Å². The Morgan fingerprint density at radius 2 is 2.33 bits per heavy atom. The maximum Gasteiger partial charge on any atom is 0.213 e. The molecule has 1 aromatic heterocycles. The standard InChI is InChI=1S/C8H10N2O2/c1-6-7(5-9-11)3-4-8(10-6)12-2/h3-5,11H,1-2H3. The van der Waals surface area contributed by atoms with E-state index in [1.165, 1.54) is 6.21 Å². The number of aromatic nitrogens is 1. The summed E-state index contributed by atoms with van der Waals surface area (Å²) in [6, 6.07) is 3.49. The molecule has 4 heteroatoms. The summed E-state index contributed by atoms with van der Waals surface area (Å²) in [7, 11) is 1.56. The van der Waals surface area contributed by atoms with Gasteiger partial charge in [0.15, 0.2) is 0 Å². The van der Waals surface area contributed by atoms with Crippen molar-refractivity contribution < 1.29 is 9.94 Å². The lowest BCUT2D eigenvalue weighted by molar-refractivity contribution is 0.321. The van der Waals surface area contributed by atoms with Crippen molar-refractivity contribution in [2.75, 3.05) is 7.11 Å². The predicted octanol–water partition coefficient (Wildman–Crippen LogP) is 1.21. The maximum absolute atomic E-state index is 8.28. The molecule has 0 aliphatic carbocycles. The van der Waals surface area contributed by atoms with Crippen LogP contribution in [0.15, 0.2) is 17.3 Å². The van der Waals surface area contributed by atoms with Crippen molar-refractivity contribution in [1.29, 1.82) is 0 Å². The molecule has 0 unspecified atom stereocenters. The van der Waals surface area contributed by atoms with Crippen LogP contribution in [0.2, 0.25) is 0 Å². The Bertz CT molecular complexity index is 297. The molecule has 0 bridgehead atoms. The van der Waals surface area contributed by atoms with Gasteiger partial charge in [-0.15, -0.1) is 0 Å². The Hall–Kier alpha value is -1.58. The molecule has 4 nitrogen and oxygen atoms in total. The minimum Gasteiger partial charge on any atom is -0.481 e. The van der Waals surface area contributed by atoms with E-state index in [9.17, 15) is 0 Å². The van der Waals surface area contributed by atoms with Gasteiger partial charge in [0.25, 0.3) is 0 Å². The maximum atomic E-state index is 8.28. The van der Waals surface area contributed by atoms with Gasteiger partial charge in [-0.1, -0.05) is 5.16 Å². The Kier molecular flexibility index (Phi) is 2.63. The minimum atomic E-state index is 0.558. The Morgan fingerprint density at radius 3 is 2.83 bits per heavy atom. The first-order chi connectivity index (χ1) is 5.77. The summed E-state index contributed by atoms with van der Waals surface area (Å²) in [5, 5.41) is 11.2. The van der Waals surface area contributed by atoms with Gasteiger partial charge in [0.2, 0.25) is 5.88 Å². The fraction of sp³-hybridized carbons (Fsp3) is 0.250. The van der Waals surface area contributed by atoms with Crippen LogP contribution in [-0.2, 0) is 0 Å². The second-order valence-electron chi connectivity index (χ2n) is 2.27. The van der Waals surface area contributed by atoms with Gasteiger partial charge in [0, 0.05) is 11.6 Å². The van der Waals surface area contributed by atoms with E-state index in [0.717, 1.165) is 11.3 Å². The molecular formula is C8H10N2O2. The zero-order valence-electron chi connectivity index (χ0n) is 6.98. The molecule has 0 radical (unpaired) electrons. The van der Waals surface area contributed by atoms with E-state index in [-0.39, 0.29) is 0 Å². The van der Waals surface area contributed by atoms with Crippen LogP contribution in [-0.4, -0.2) is 23.5 Å². The number of methoxy groups -OCH3 is 1. The summed E-state index contributed by atoms with van der Waals surface area (Å²) < 4.78 is 4.91. The molecule has 1 rings (SSSR count). The molecule has 64 valence electrons. The van der Waals surface area contributed by atoms with E-state index in [1.54, 1.807) is 19.2 Å². The van der Waals surface area contributed by atoms with Gasteiger partial charge >= 0.3 is 0 Å². The van der Waals surface area contributed by atoms with E-state index in [0.29, 0.717) is 5.88 Å². The summed E-state index contributed by atoms with van der Waals surface area (Å²) in [6.07, 6.45) is 1.34. The Balaban J connectivity index is 3.03. The summed E-state index contributed by atoms with van der Waals surface area (Å²) in [5.74, 6) is 0.558. The van der Waals surface area contributed by atoms with Crippen LogP contribution in [0.25, 0.3) is 0 Å². The average Bonchev–Trinajstić information content (AvgIpc) is 2.09. The highest BCUT2D eigenvalue weighted by atomic mass is 16.5. The van der Waals surface area contributed by atoms with Crippen LogP contribution >= 0.6 is 0 Å². The number of nitrogens with zero attached hydrogens (tertiary/aromatic N) is 2. The van der Waals surface area contributed by atoms with Crippen LogP contribution in [0, 0.1) is 6.92 Å². The second kappa shape index (κ2) is 3.71. The second-order valence-corrected chi connectivity index (χ2v) is 2.27. The third-order valence-electron chi connectivity index (χ3n) is 1.51. The summed E-state index contributed by atoms with van der Waals surface area (Å²) >= 11 is 0. The SMILES string of the molecule is COc1ccc(C=NO)c(C)n1. The van der Waals surface area contributed by atoms with Crippen LogP contribution in [0.4, 0.5) is 0 Å². The van der Waals surface area contributed by atoms with Crippen molar-refractivity contribution in [3.8, 4) is 5.88 Å². The molecule has 0 amide bonds. The van der Waals surface area contributed by atoms with E-state index >= 15 is 0 Å². The molecule has 0 fully saturated rings. The first-order valence-corrected chi connectivity index (χ1v) is 3.47. The van der Waals surface area contributed by atoms with Gasteiger partial charge in [-0.2, -0.15) is 0 Å². The van der Waals surface area contributed by atoms with E-state index in [2.05, 4.69) is 10.1 Å². The van der Waals surface area contributed by atoms with E-state index in [4.69, 9.17) is 9.94 Å². The van der Waals surface area contributed by atoms with Crippen molar-refractivity contribution in [1.82, 2.24) is 4.98 Å². The highest BCUT2D eigenvalue weighted by molar-refractivity contribution is 5.80. The van der Waals surface area contributed by atoms with Crippen molar-refractivity contribution in [3.05, 3.63) is 23.4 Å². The number of oxime groups is 1. The summed E-state index contributed by atoms with van der Waals surface area (Å²) in [4.78, 5) is 4.09. The number of ether oxygens (including phenoxy) is 1. The number of aryl methyl sites for hydroxylation is 1. The van der Waals surface area contributed by atoms with Gasteiger partial charge in [-0.3, -0.25) is 0 Å². The average molecular weight is 166 g/mol. The Morgan fingerprint density at radius 1 is 1.58 bits per heavy atom. The number of hydrogen-bond acceptors (Lipinski definition) is 4. The molecule has 12 heavy (non-hydrogen) atoms. The number of hydrogen-bond donors (Lipinski definition) is 1. The molecule has 0 spiro atoms. The minimum absolute atomic E-state index is 0.558. The first-order valence-electron chi connectivity index (χ1n) is 3.47. The monoisotopic (exact) mass is 166 g/mol. The number of rotatable bonds is 2. The largest absolute Gasteiger partial charge is 0.481 e. The molecule has 1 N–H and O–H groups in total. The van der Waals surface area contributed by atoms with Crippen LogP contribution in [0.1, 0.15) is 11.3 Å². The molecule has 0 aliphatic heterocycles. The highest BCUT2D eigenvalue weighted by Crippen LogP contribution is 2.09. The topological polar surface area (TPSA) is 54.7 Å². The normalized spacial score (nSPS) is 10.5. The lowest BCUT2D eigenvalue weighted by atomic mass is 10.2. The van der Waals surface area contributed by atoms with Crippen LogP contribution < -0.4 is 4.74 Å².